The SMILES string of the molecule is CC(C)(C)C1CCN(c2cccc(Cl)c2CN)CC1. The predicted octanol–water partition coefficient (Wildman–Crippen LogP) is 4.06. The van der Waals surface area contributed by atoms with Crippen molar-refractivity contribution in [3.05, 3.63) is 28.8 Å². The van der Waals surface area contributed by atoms with Crippen molar-refractivity contribution in [3.8, 4) is 0 Å². The van der Waals surface area contributed by atoms with Crippen molar-refractivity contribution < 1.29 is 0 Å². The second-order valence-corrected chi connectivity index (χ2v) is 6.98. The van der Waals surface area contributed by atoms with E-state index in [1.54, 1.807) is 0 Å². The molecule has 0 aromatic heterocycles. The Bertz CT molecular complexity index is 429. The van der Waals surface area contributed by atoms with E-state index in [1.807, 2.05) is 12.1 Å². The van der Waals surface area contributed by atoms with E-state index in [4.69, 9.17) is 17.3 Å². The third-order valence-corrected chi connectivity index (χ3v) is 4.71. The topological polar surface area (TPSA) is 29.3 Å². The summed E-state index contributed by atoms with van der Waals surface area (Å²) in [5.41, 5.74) is 8.56. The summed E-state index contributed by atoms with van der Waals surface area (Å²) in [5, 5.41) is 0.790. The number of hydrogen-bond donors (Lipinski definition) is 1. The molecular weight excluding hydrogens is 256 g/mol. The summed E-state index contributed by atoms with van der Waals surface area (Å²) in [7, 11) is 0. The zero-order valence-electron chi connectivity index (χ0n) is 12.2. The van der Waals surface area contributed by atoms with Gasteiger partial charge in [-0.05, 0) is 36.3 Å². The summed E-state index contributed by atoms with van der Waals surface area (Å²) in [6.07, 6.45) is 2.50. The van der Waals surface area contributed by atoms with Gasteiger partial charge in [0.05, 0.1) is 0 Å². The van der Waals surface area contributed by atoms with E-state index in [0.29, 0.717) is 12.0 Å². The van der Waals surface area contributed by atoms with E-state index in [2.05, 4.69) is 31.7 Å². The molecule has 19 heavy (non-hydrogen) atoms. The van der Waals surface area contributed by atoms with Gasteiger partial charge >= 0.3 is 0 Å². The van der Waals surface area contributed by atoms with Crippen molar-refractivity contribution in [3.63, 3.8) is 0 Å². The third kappa shape index (κ3) is 3.24. The van der Waals surface area contributed by atoms with Gasteiger partial charge < -0.3 is 10.6 Å². The zero-order chi connectivity index (χ0) is 14.0. The Labute approximate surface area is 121 Å². The maximum atomic E-state index is 6.24. The first-order valence-electron chi connectivity index (χ1n) is 7.16. The van der Waals surface area contributed by atoms with Crippen LogP contribution in [0.3, 0.4) is 0 Å². The molecule has 106 valence electrons. The van der Waals surface area contributed by atoms with Gasteiger partial charge in [-0.15, -0.1) is 0 Å². The van der Waals surface area contributed by atoms with Crippen LogP contribution in [0.1, 0.15) is 39.2 Å². The van der Waals surface area contributed by atoms with Gasteiger partial charge in [-0.2, -0.15) is 0 Å². The van der Waals surface area contributed by atoms with Crippen LogP contribution in [0.4, 0.5) is 5.69 Å². The molecule has 0 aliphatic carbocycles. The highest BCUT2D eigenvalue weighted by Crippen LogP contribution is 2.37. The normalized spacial score (nSPS) is 17.8. The summed E-state index contributed by atoms with van der Waals surface area (Å²) in [6.45, 7) is 9.76. The van der Waals surface area contributed by atoms with Crippen LogP contribution in [-0.4, -0.2) is 13.1 Å². The molecule has 1 aromatic carbocycles. The fraction of sp³-hybridized carbons (Fsp3) is 0.625. The number of hydrogen-bond acceptors (Lipinski definition) is 2. The van der Waals surface area contributed by atoms with Gasteiger partial charge in [0.25, 0.3) is 0 Å². The van der Waals surface area contributed by atoms with Crippen molar-refractivity contribution in [2.45, 2.75) is 40.2 Å². The van der Waals surface area contributed by atoms with E-state index in [1.165, 1.54) is 18.5 Å². The lowest BCUT2D eigenvalue weighted by Crippen LogP contribution is -2.38. The number of piperidine rings is 1. The molecule has 2 nitrogen and oxygen atoms in total. The van der Waals surface area contributed by atoms with E-state index in [0.717, 1.165) is 29.6 Å². The molecule has 3 heteroatoms. The van der Waals surface area contributed by atoms with Crippen LogP contribution in [0.2, 0.25) is 5.02 Å². The second kappa shape index (κ2) is 5.72. The summed E-state index contributed by atoms with van der Waals surface area (Å²) in [6, 6.07) is 6.09. The molecule has 1 fully saturated rings. The fourth-order valence-electron chi connectivity index (χ4n) is 3.03. The Kier molecular flexibility index (Phi) is 4.42. The summed E-state index contributed by atoms with van der Waals surface area (Å²) >= 11 is 6.24. The number of halogens is 1. The number of anilines is 1. The van der Waals surface area contributed by atoms with E-state index < -0.39 is 0 Å². The van der Waals surface area contributed by atoms with Gasteiger partial charge in [-0.1, -0.05) is 38.4 Å². The number of rotatable bonds is 2. The fourth-order valence-corrected chi connectivity index (χ4v) is 3.28. The first kappa shape index (κ1) is 14.7. The average Bonchev–Trinajstić information content (AvgIpc) is 2.37. The molecule has 1 aliphatic heterocycles. The van der Waals surface area contributed by atoms with Crippen LogP contribution in [0.5, 0.6) is 0 Å². The molecule has 0 atom stereocenters. The molecule has 2 rings (SSSR count). The molecule has 0 saturated carbocycles. The number of benzene rings is 1. The third-order valence-electron chi connectivity index (χ3n) is 4.36. The Hall–Kier alpha value is -0.730. The first-order valence-corrected chi connectivity index (χ1v) is 7.53. The quantitative estimate of drug-likeness (QED) is 0.885. The Morgan fingerprint density at radius 1 is 1.26 bits per heavy atom. The highest BCUT2D eigenvalue weighted by atomic mass is 35.5. The molecule has 0 amide bonds. The minimum Gasteiger partial charge on any atom is -0.371 e. The highest BCUT2D eigenvalue weighted by molar-refractivity contribution is 6.31. The van der Waals surface area contributed by atoms with Crippen molar-refractivity contribution in [2.75, 3.05) is 18.0 Å². The molecule has 1 aliphatic rings. The van der Waals surface area contributed by atoms with E-state index in [9.17, 15) is 0 Å². The van der Waals surface area contributed by atoms with Gasteiger partial charge in [-0.25, -0.2) is 0 Å². The minimum absolute atomic E-state index is 0.414. The maximum absolute atomic E-state index is 6.24. The molecular formula is C16H25ClN2. The Morgan fingerprint density at radius 2 is 1.89 bits per heavy atom. The lowest BCUT2D eigenvalue weighted by Gasteiger charge is -2.40. The largest absolute Gasteiger partial charge is 0.371 e. The molecule has 0 spiro atoms. The molecule has 1 heterocycles. The standard InChI is InChI=1S/C16H25ClN2/c1-16(2,3)12-7-9-19(10-8-12)15-6-4-5-14(17)13(15)11-18/h4-6,12H,7-11,18H2,1-3H3. The van der Waals surface area contributed by atoms with Crippen molar-refractivity contribution in [1.29, 1.82) is 0 Å². The monoisotopic (exact) mass is 280 g/mol. The van der Waals surface area contributed by atoms with Gasteiger partial charge in [-0.3, -0.25) is 0 Å². The number of nitrogens with zero attached hydrogens (tertiary/aromatic N) is 1. The van der Waals surface area contributed by atoms with E-state index >= 15 is 0 Å². The Balaban J connectivity index is 2.12. The van der Waals surface area contributed by atoms with Crippen LogP contribution < -0.4 is 10.6 Å². The highest BCUT2D eigenvalue weighted by Gasteiger charge is 2.29. The average molecular weight is 281 g/mol. The zero-order valence-corrected chi connectivity index (χ0v) is 13.0. The Morgan fingerprint density at radius 3 is 2.42 bits per heavy atom. The molecule has 2 N–H and O–H groups in total. The summed E-state index contributed by atoms with van der Waals surface area (Å²) in [4.78, 5) is 2.44. The number of nitrogens with two attached hydrogens (primary N) is 1. The van der Waals surface area contributed by atoms with Crippen LogP contribution in [0.15, 0.2) is 18.2 Å². The van der Waals surface area contributed by atoms with Crippen LogP contribution >= 0.6 is 11.6 Å². The molecule has 1 saturated heterocycles. The molecule has 1 aromatic rings. The predicted molar refractivity (Wildman–Crippen MR) is 83.7 cm³/mol. The van der Waals surface area contributed by atoms with Crippen molar-refractivity contribution >= 4 is 17.3 Å². The smallest absolute Gasteiger partial charge is 0.0471 e. The van der Waals surface area contributed by atoms with Crippen molar-refractivity contribution in [2.24, 2.45) is 17.1 Å². The van der Waals surface area contributed by atoms with Crippen LogP contribution in [-0.2, 0) is 6.54 Å². The van der Waals surface area contributed by atoms with Crippen LogP contribution in [0.25, 0.3) is 0 Å². The van der Waals surface area contributed by atoms with E-state index in [-0.39, 0.29) is 0 Å². The molecule has 0 bridgehead atoms. The summed E-state index contributed by atoms with van der Waals surface area (Å²) in [5.74, 6) is 0.810. The van der Waals surface area contributed by atoms with Gasteiger partial charge in [0.2, 0.25) is 0 Å². The van der Waals surface area contributed by atoms with Gasteiger partial charge in [0.1, 0.15) is 0 Å². The van der Waals surface area contributed by atoms with Gasteiger partial charge in [0.15, 0.2) is 0 Å². The van der Waals surface area contributed by atoms with Gasteiger partial charge in [0, 0.05) is 35.9 Å². The van der Waals surface area contributed by atoms with Crippen molar-refractivity contribution in [1.82, 2.24) is 0 Å². The van der Waals surface area contributed by atoms with Crippen LogP contribution in [0, 0.1) is 11.3 Å². The second-order valence-electron chi connectivity index (χ2n) is 6.57. The minimum atomic E-state index is 0.414. The lowest BCUT2D eigenvalue weighted by atomic mass is 9.75. The lowest BCUT2D eigenvalue weighted by molar-refractivity contribution is 0.199. The first-order chi connectivity index (χ1) is 8.93. The summed E-state index contributed by atoms with van der Waals surface area (Å²) < 4.78 is 0. The molecule has 0 unspecified atom stereocenters. The maximum Gasteiger partial charge on any atom is 0.0471 e. The molecule has 0 radical (unpaired) electrons.